The molecule has 188 valence electrons. The fraction of sp³-hybridized carbons (Fsp3) is 0.111. The molecule has 1 fully saturated rings. The standard InChI is InChI=1S/C27H21BrN2O7/c1-2-36-23-14-17(5-12-22(23)37-15-16-3-8-19(28)9-4-16)13-21-24(31)29-27(35)30(25(21)32)20-10-6-18(7-11-20)26(33)34/h3-14H,2,15H2,1H3,(H,33,34)(H,29,31,35)/b21-13+. The van der Waals surface area contributed by atoms with Crippen molar-refractivity contribution in [2.24, 2.45) is 0 Å². The average molecular weight is 565 g/mol. The number of benzene rings is 3. The molecular formula is C27H21BrN2O7. The maximum atomic E-state index is 13.1. The Morgan fingerprint density at radius 2 is 1.68 bits per heavy atom. The third-order valence-electron chi connectivity index (χ3n) is 5.36. The Hall–Kier alpha value is -4.44. The van der Waals surface area contributed by atoms with Gasteiger partial charge in [0.2, 0.25) is 0 Å². The van der Waals surface area contributed by atoms with E-state index in [1.54, 1.807) is 18.2 Å². The zero-order valence-corrected chi connectivity index (χ0v) is 21.2. The van der Waals surface area contributed by atoms with Crippen LogP contribution in [0.4, 0.5) is 10.5 Å². The van der Waals surface area contributed by atoms with Crippen molar-refractivity contribution in [3.63, 3.8) is 0 Å². The van der Waals surface area contributed by atoms with Gasteiger partial charge in [0.25, 0.3) is 11.8 Å². The summed E-state index contributed by atoms with van der Waals surface area (Å²) in [6.07, 6.45) is 1.35. The zero-order chi connectivity index (χ0) is 26.5. The molecule has 1 aliphatic rings. The van der Waals surface area contributed by atoms with Gasteiger partial charge < -0.3 is 14.6 Å². The predicted octanol–water partition coefficient (Wildman–Crippen LogP) is 4.79. The van der Waals surface area contributed by atoms with Crippen LogP contribution in [0.3, 0.4) is 0 Å². The summed E-state index contributed by atoms with van der Waals surface area (Å²) in [5.41, 5.74) is 1.28. The van der Waals surface area contributed by atoms with E-state index in [1.807, 2.05) is 31.2 Å². The number of nitrogens with one attached hydrogen (secondary N) is 1. The van der Waals surface area contributed by atoms with Gasteiger partial charge in [0.05, 0.1) is 17.9 Å². The molecule has 1 saturated heterocycles. The van der Waals surface area contributed by atoms with Gasteiger partial charge in [0, 0.05) is 4.47 Å². The molecule has 10 heteroatoms. The largest absolute Gasteiger partial charge is 0.490 e. The molecule has 37 heavy (non-hydrogen) atoms. The van der Waals surface area contributed by atoms with E-state index >= 15 is 0 Å². The molecule has 3 aromatic rings. The van der Waals surface area contributed by atoms with Crippen molar-refractivity contribution >= 4 is 51.5 Å². The molecule has 0 unspecified atom stereocenters. The number of hydrogen-bond donors (Lipinski definition) is 2. The number of amides is 4. The van der Waals surface area contributed by atoms with Crippen LogP contribution in [0, 0.1) is 0 Å². The van der Waals surface area contributed by atoms with Crippen LogP contribution in [0.2, 0.25) is 0 Å². The average Bonchev–Trinajstić information content (AvgIpc) is 2.87. The number of carbonyl (C=O) groups is 4. The maximum Gasteiger partial charge on any atom is 0.335 e. The van der Waals surface area contributed by atoms with Crippen LogP contribution >= 0.6 is 15.9 Å². The molecule has 0 atom stereocenters. The lowest BCUT2D eigenvalue weighted by molar-refractivity contribution is -0.122. The number of nitrogens with zero attached hydrogens (tertiary/aromatic N) is 1. The smallest absolute Gasteiger partial charge is 0.335 e. The van der Waals surface area contributed by atoms with Crippen LogP contribution in [-0.4, -0.2) is 35.5 Å². The summed E-state index contributed by atoms with van der Waals surface area (Å²) in [5.74, 6) is -1.92. The van der Waals surface area contributed by atoms with Gasteiger partial charge in [-0.1, -0.05) is 34.1 Å². The Bertz CT molecular complexity index is 1400. The van der Waals surface area contributed by atoms with Gasteiger partial charge in [-0.05, 0) is 72.7 Å². The number of hydrogen-bond acceptors (Lipinski definition) is 6. The monoisotopic (exact) mass is 564 g/mol. The number of imide groups is 2. The van der Waals surface area contributed by atoms with Gasteiger partial charge >= 0.3 is 12.0 Å². The fourth-order valence-corrected chi connectivity index (χ4v) is 3.82. The molecule has 1 heterocycles. The predicted molar refractivity (Wildman–Crippen MR) is 138 cm³/mol. The van der Waals surface area contributed by atoms with Gasteiger partial charge in [0.1, 0.15) is 12.2 Å². The summed E-state index contributed by atoms with van der Waals surface area (Å²) in [5, 5.41) is 11.2. The Labute approximate surface area is 220 Å². The topological polar surface area (TPSA) is 122 Å². The number of halogens is 1. The van der Waals surface area contributed by atoms with E-state index < -0.39 is 23.8 Å². The molecule has 0 saturated carbocycles. The van der Waals surface area contributed by atoms with Crippen molar-refractivity contribution < 1.29 is 33.8 Å². The number of carboxylic acid groups (broad SMARTS) is 1. The van der Waals surface area contributed by atoms with Crippen molar-refractivity contribution in [2.75, 3.05) is 11.5 Å². The van der Waals surface area contributed by atoms with Crippen LogP contribution in [0.15, 0.2) is 76.8 Å². The minimum absolute atomic E-state index is 0.00800. The van der Waals surface area contributed by atoms with Crippen molar-refractivity contribution in [2.45, 2.75) is 13.5 Å². The van der Waals surface area contributed by atoms with E-state index in [1.165, 1.54) is 30.3 Å². The van der Waals surface area contributed by atoms with Crippen LogP contribution in [0.25, 0.3) is 6.08 Å². The summed E-state index contributed by atoms with van der Waals surface area (Å²) in [4.78, 5) is 49.9. The summed E-state index contributed by atoms with van der Waals surface area (Å²) < 4.78 is 12.6. The first-order valence-electron chi connectivity index (χ1n) is 11.2. The molecule has 0 radical (unpaired) electrons. The minimum atomic E-state index is -1.15. The fourth-order valence-electron chi connectivity index (χ4n) is 3.56. The van der Waals surface area contributed by atoms with Crippen LogP contribution in [0.5, 0.6) is 11.5 Å². The molecule has 4 amide bonds. The second-order valence-corrected chi connectivity index (χ2v) is 8.78. The molecule has 2 N–H and O–H groups in total. The lowest BCUT2D eigenvalue weighted by Gasteiger charge is -2.26. The van der Waals surface area contributed by atoms with Crippen molar-refractivity contribution in [3.8, 4) is 11.5 Å². The second kappa shape index (κ2) is 11.1. The van der Waals surface area contributed by atoms with Gasteiger partial charge in [0.15, 0.2) is 11.5 Å². The second-order valence-electron chi connectivity index (χ2n) is 7.86. The van der Waals surface area contributed by atoms with Crippen LogP contribution < -0.4 is 19.7 Å². The zero-order valence-electron chi connectivity index (χ0n) is 19.6. The van der Waals surface area contributed by atoms with Crippen molar-refractivity contribution in [1.82, 2.24) is 5.32 Å². The number of anilines is 1. The lowest BCUT2D eigenvalue weighted by atomic mass is 10.1. The number of urea groups is 1. The molecule has 0 aliphatic carbocycles. The summed E-state index contributed by atoms with van der Waals surface area (Å²) in [6, 6.07) is 16.9. The molecular weight excluding hydrogens is 544 g/mol. The molecule has 0 spiro atoms. The van der Waals surface area contributed by atoms with E-state index in [9.17, 15) is 19.2 Å². The summed E-state index contributed by atoms with van der Waals surface area (Å²) >= 11 is 3.40. The molecule has 0 aromatic heterocycles. The maximum absolute atomic E-state index is 13.1. The minimum Gasteiger partial charge on any atom is -0.490 e. The third kappa shape index (κ3) is 5.87. The van der Waals surface area contributed by atoms with Crippen LogP contribution in [-0.2, 0) is 16.2 Å². The Morgan fingerprint density at radius 3 is 2.32 bits per heavy atom. The van der Waals surface area contributed by atoms with Gasteiger partial charge in [-0.15, -0.1) is 0 Å². The summed E-state index contributed by atoms with van der Waals surface area (Å²) in [7, 11) is 0. The Morgan fingerprint density at radius 1 is 0.973 bits per heavy atom. The first kappa shape index (κ1) is 25.6. The van der Waals surface area contributed by atoms with E-state index in [2.05, 4.69) is 21.2 Å². The quantitative estimate of drug-likeness (QED) is 0.298. The Kier molecular flexibility index (Phi) is 7.69. The lowest BCUT2D eigenvalue weighted by Crippen LogP contribution is -2.54. The number of aromatic carboxylic acids is 1. The first-order chi connectivity index (χ1) is 17.8. The number of rotatable bonds is 8. The highest BCUT2D eigenvalue weighted by Crippen LogP contribution is 2.31. The third-order valence-corrected chi connectivity index (χ3v) is 5.89. The highest BCUT2D eigenvalue weighted by Gasteiger charge is 2.36. The van der Waals surface area contributed by atoms with Crippen molar-refractivity contribution in [3.05, 3.63) is 93.5 Å². The first-order valence-corrected chi connectivity index (χ1v) is 11.9. The van der Waals surface area contributed by atoms with Gasteiger partial charge in [-0.3, -0.25) is 14.9 Å². The SMILES string of the molecule is CCOc1cc(/C=C2\C(=O)NC(=O)N(c3ccc(C(=O)O)cc3)C2=O)ccc1OCc1ccc(Br)cc1. The van der Waals surface area contributed by atoms with Gasteiger partial charge in [-0.25, -0.2) is 14.5 Å². The number of carboxylic acids is 1. The number of carbonyl (C=O) groups excluding carboxylic acids is 3. The van der Waals surface area contributed by atoms with Gasteiger partial charge in [-0.2, -0.15) is 0 Å². The normalized spacial score (nSPS) is 14.5. The molecule has 3 aromatic carbocycles. The van der Waals surface area contributed by atoms with E-state index in [0.29, 0.717) is 30.3 Å². The highest BCUT2D eigenvalue weighted by atomic mass is 79.9. The summed E-state index contributed by atoms with van der Waals surface area (Å²) in [6.45, 7) is 2.50. The number of barbiturate groups is 1. The molecule has 9 nitrogen and oxygen atoms in total. The molecule has 1 aliphatic heterocycles. The van der Waals surface area contributed by atoms with Crippen molar-refractivity contribution in [1.29, 1.82) is 0 Å². The highest BCUT2D eigenvalue weighted by molar-refractivity contribution is 9.10. The van der Waals surface area contributed by atoms with Crippen LogP contribution in [0.1, 0.15) is 28.4 Å². The molecule has 0 bridgehead atoms. The molecule has 4 rings (SSSR count). The Balaban J connectivity index is 1.60. The number of ether oxygens (including phenoxy) is 2. The van der Waals surface area contributed by atoms with E-state index in [0.717, 1.165) is 14.9 Å². The van der Waals surface area contributed by atoms with E-state index in [-0.39, 0.29) is 16.8 Å². The van der Waals surface area contributed by atoms with E-state index in [4.69, 9.17) is 14.6 Å².